The first-order valence-electron chi connectivity index (χ1n) is 6.40. The standard InChI is InChI=1S/C14H14N4O2S/c1-16(2)7-10-9-21-14-15-12(8-17(10)14)11-5-3-4-6-13(11)18(19)20/h3-6,8-9H,7H2,1-2H3. The fourth-order valence-electron chi connectivity index (χ4n) is 2.25. The van der Waals surface area contributed by atoms with Crippen molar-refractivity contribution >= 4 is 22.0 Å². The normalized spacial score (nSPS) is 11.4. The maximum absolute atomic E-state index is 11.1. The number of nitrogens with zero attached hydrogens (tertiary/aromatic N) is 4. The van der Waals surface area contributed by atoms with Crippen LogP contribution in [0.25, 0.3) is 16.2 Å². The molecule has 0 aliphatic rings. The first kappa shape index (κ1) is 13.7. The zero-order chi connectivity index (χ0) is 15.0. The molecule has 6 nitrogen and oxygen atoms in total. The average molecular weight is 302 g/mol. The smallest absolute Gasteiger partial charge is 0.278 e. The van der Waals surface area contributed by atoms with Crippen molar-refractivity contribution in [1.29, 1.82) is 0 Å². The third-order valence-electron chi connectivity index (χ3n) is 3.14. The maximum atomic E-state index is 11.1. The molecule has 0 unspecified atom stereocenters. The summed E-state index contributed by atoms with van der Waals surface area (Å²) in [5.41, 5.74) is 2.39. The summed E-state index contributed by atoms with van der Waals surface area (Å²) in [7, 11) is 4.01. The van der Waals surface area contributed by atoms with E-state index >= 15 is 0 Å². The molecule has 0 radical (unpaired) electrons. The number of aromatic nitrogens is 2. The van der Waals surface area contributed by atoms with Crippen LogP contribution in [0.15, 0.2) is 35.8 Å². The van der Waals surface area contributed by atoms with Crippen LogP contribution in [0.4, 0.5) is 5.69 Å². The highest BCUT2D eigenvalue weighted by Gasteiger charge is 2.18. The van der Waals surface area contributed by atoms with E-state index in [2.05, 4.69) is 15.3 Å². The summed E-state index contributed by atoms with van der Waals surface area (Å²) in [6.45, 7) is 0.798. The van der Waals surface area contributed by atoms with E-state index in [4.69, 9.17) is 0 Å². The van der Waals surface area contributed by atoms with Crippen molar-refractivity contribution in [2.24, 2.45) is 0 Å². The Bertz CT molecular complexity index is 806. The summed E-state index contributed by atoms with van der Waals surface area (Å²) >= 11 is 1.54. The van der Waals surface area contributed by atoms with Gasteiger partial charge in [-0.3, -0.25) is 14.5 Å². The third-order valence-corrected chi connectivity index (χ3v) is 4.03. The molecule has 0 fully saturated rings. The molecule has 0 saturated heterocycles. The van der Waals surface area contributed by atoms with Gasteiger partial charge in [-0.15, -0.1) is 11.3 Å². The summed E-state index contributed by atoms with van der Waals surface area (Å²) < 4.78 is 2.00. The average Bonchev–Trinajstić information content (AvgIpc) is 3.00. The minimum Gasteiger partial charge on any atom is -0.304 e. The molecule has 2 aromatic heterocycles. The Balaban J connectivity index is 2.10. The van der Waals surface area contributed by atoms with Crippen LogP contribution in [0.2, 0.25) is 0 Å². The molecule has 0 N–H and O–H groups in total. The van der Waals surface area contributed by atoms with Gasteiger partial charge in [0, 0.05) is 29.9 Å². The van der Waals surface area contributed by atoms with E-state index in [9.17, 15) is 10.1 Å². The number of nitro benzene ring substituents is 1. The number of para-hydroxylation sites is 1. The van der Waals surface area contributed by atoms with Crippen LogP contribution in [-0.4, -0.2) is 33.3 Å². The zero-order valence-electron chi connectivity index (χ0n) is 11.7. The van der Waals surface area contributed by atoms with Crippen molar-refractivity contribution in [3.05, 3.63) is 51.7 Å². The van der Waals surface area contributed by atoms with E-state index in [0.717, 1.165) is 17.2 Å². The minimum atomic E-state index is -0.372. The predicted molar refractivity (Wildman–Crippen MR) is 82.6 cm³/mol. The van der Waals surface area contributed by atoms with E-state index in [0.29, 0.717) is 11.3 Å². The van der Waals surface area contributed by atoms with Gasteiger partial charge < -0.3 is 4.90 Å². The number of hydrogen-bond acceptors (Lipinski definition) is 5. The molecule has 2 heterocycles. The van der Waals surface area contributed by atoms with Crippen LogP contribution >= 0.6 is 11.3 Å². The molecule has 0 amide bonds. The molecule has 3 aromatic rings. The van der Waals surface area contributed by atoms with Gasteiger partial charge in [0.1, 0.15) is 0 Å². The van der Waals surface area contributed by atoms with Gasteiger partial charge in [0.15, 0.2) is 4.96 Å². The number of benzene rings is 1. The summed E-state index contributed by atoms with van der Waals surface area (Å²) in [6, 6.07) is 6.69. The number of rotatable bonds is 4. The van der Waals surface area contributed by atoms with E-state index in [1.165, 1.54) is 6.07 Å². The fraction of sp³-hybridized carbons (Fsp3) is 0.214. The van der Waals surface area contributed by atoms with Gasteiger partial charge in [-0.05, 0) is 20.2 Å². The molecule has 21 heavy (non-hydrogen) atoms. The van der Waals surface area contributed by atoms with E-state index in [1.807, 2.05) is 24.7 Å². The lowest BCUT2D eigenvalue weighted by atomic mass is 10.1. The third kappa shape index (κ3) is 2.53. The monoisotopic (exact) mass is 302 g/mol. The molecule has 108 valence electrons. The SMILES string of the molecule is CN(C)Cc1csc2nc(-c3ccccc3[N+](=O)[O-])cn12. The number of nitro groups is 1. The molecule has 0 aliphatic carbocycles. The Morgan fingerprint density at radius 1 is 1.38 bits per heavy atom. The Kier molecular flexibility index (Phi) is 3.44. The summed E-state index contributed by atoms with van der Waals surface area (Å²) in [4.78, 5) is 18.2. The van der Waals surface area contributed by atoms with Crippen molar-refractivity contribution in [1.82, 2.24) is 14.3 Å². The van der Waals surface area contributed by atoms with Gasteiger partial charge in [0.2, 0.25) is 0 Å². The second kappa shape index (κ2) is 5.27. The van der Waals surface area contributed by atoms with Gasteiger partial charge in [0.25, 0.3) is 5.69 Å². The maximum Gasteiger partial charge on any atom is 0.278 e. The first-order valence-corrected chi connectivity index (χ1v) is 7.28. The van der Waals surface area contributed by atoms with Gasteiger partial charge in [0.05, 0.1) is 16.2 Å². The lowest BCUT2D eigenvalue weighted by Gasteiger charge is -2.07. The summed E-state index contributed by atoms with van der Waals surface area (Å²) in [5, 5.41) is 13.2. The summed E-state index contributed by atoms with van der Waals surface area (Å²) in [5.74, 6) is 0. The number of hydrogen-bond donors (Lipinski definition) is 0. The summed E-state index contributed by atoms with van der Waals surface area (Å²) in [6.07, 6.45) is 1.87. The Hall–Kier alpha value is -2.25. The molecule has 0 atom stereocenters. The fourth-order valence-corrected chi connectivity index (χ4v) is 3.11. The van der Waals surface area contributed by atoms with Gasteiger partial charge in [-0.25, -0.2) is 4.98 Å². The molecule has 0 aliphatic heterocycles. The van der Waals surface area contributed by atoms with Crippen LogP contribution in [0, 0.1) is 10.1 Å². The molecular formula is C14H14N4O2S. The second-order valence-electron chi connectivity index (χ2n) is 5.02. The van der Waals surface area contributed by atoms with Crippen molar-refractivity contribution in [3.63, 3.8) is 0 Å². The zero-order valence-corrected chi connectivity index (χ0v) is 12.5. The lowest BCUT2D eigenvalue weighted by molar-refractivity contribution is -0.384. The number of fused-ring (bicyclic) bond motifs is 1. The highest BCUT2D eigenvalue weighted by atomic mass is 32.1. The van der Waals surface area contributed by atoms with Crippen LogP contribution in [-0.2, 0) is 6.54 Å². The number of imidazole rings is 1. The molecule has 7 heteroatoms. The van der Waals surface area contributed by atoms with Gasteiger partial charge in [-0.2, -0.15) is 0 Å². The second-order valence-corrected chi connectivity index (χ2v) is 5.85. The van der Waals surface area contributed by atoms with E-state index in [1.54, 1.807) is 29.5 Å². The van der Waals surface area contributed by atoms with Crippen molar-refractivity contribution in [2.75, 3.05) is 14.1 Å². The molecule has 0 saturated carbocycles. The van der Waals surface area contributed by atoms with Crippen LogP contribution in [0.5, 0.6) is 0 Å². The Labute approximate surface area is 125 Å². The van der Waals surface area contributed by atoms with E-state index in [-0.39, 0.29) is 10.6 Å². The first-order chi connectivity index (χ1) is 10.1. The molecule has 0 spiro atoms. The van der Waals surface area contributed by atoms with Crippen LogP contribution in [0.1, 0.15) is 5.69 Å². The van der Waals surface area contributed by atoms with Crippen molar-refractivity contribution in [3.8, 4) is 11.3 Å². The highest BCUT2D eigenvalue weighted by Crippen LogP contribution is 2.30. The van der Waals surface area contributed by atoms with Crippen LogP contribution in [0.3, 0.4) is 0 Å². The van der Waals surface area contributed by atoms with Crippen LogP contribution < -0.4 is 0 Å². The van der Waals surface area contributed by atoms with Gasteiger partial charge >= 0.3 is 0 Å². The minimum absolute atomic E-state index is 0.0809. The molecular weight excluding hydrogens is 288 g/mol. The largest absolute Gasteiger partial charge is 0.304 e. The highest BCUT2D eigenvalue weighted by molar-refractivity contribution is 7.15. The Morgan fingerprint density at radius 2 is 2.14 bits per heavy atom. The molecule has 3 rings (SSSR count). The molecule has 0 bridgehead atoms. The topological polar surface area (TPSA) is 63.7 Å². The van der Waals surface area contributed by atoms with E-state index < -0.39 is 0 Å². The van der Waals surface area contributed by atoms with Crippen molar-refractivity contribution < 1.29 is 4.92 Å². The number of thiazole rings is 1. The molecule has 1 aromatic carbocycles. The van der Waals surface area contributed by atoms with Crippen molar-refractivity contribution in [2.45, 2.75) is 6.54 Å². The lowest BCUT2D eigenvalue weighted by Crippen LogP contribution is -2.11. The predicted octanol–water partition coefficient (Wildman–Crippen LogP) is 3.03. The quantitative estimate of drug-likeness (QED) is 0.549. The van der Waals surface area contributed by atoms with Gasteiger partial charge in [-0.1, -0.05) is 12.1 Å². The Morgan fingerprint density at radius 3 is 2.86 bits per heavy atom.